The lowest BCUT2D eigenvalue weighted by atomic mass is 10.2. The molecule has 1 saturated heterocycles. The number of aliphatic imine (C=N–C) groups is 1. The molecule has 5 nitrogen and oxygen atoms in total. The molecule has 1 amide bonds. The largest absolute Gasteiger partial charge is 0.490 e. The highest BCUT2D eigenvalue weighted by Crippen LogP contribution is 2.39. The average Bonchev–Trinajstić information content (AvgIpc) is 3.00. The molecule has 2 aromatic rings. The third-order valence-electron chi connectivity index (χ3n) is 4.17. The summed E-state index contributed by atoms with van der Waals surface area (Å²) in [7, 11) is 0. The lowest BCUT2D eigenvalue weighted by Crippen LogP contribution is -2.28. The third kappa shape index (κ3) is 5.05. The number of hydrogen-bond acceptors (Lipinski definition) is 5. The maximum absolute atomic E-state index is 13.2. The highest BCUT2D eigenvalue weighted by Gasteiger charge is 2.32. The van der Waals surface area contributed by atoms with Crippen molar-refractivity contribution >= 4 is 50.5 Å². The van der Waals surface area contributed by atoms with Gasteiger partial charge in [-0.05, 0) is 96.5 Å². The van der Waals surface area contributed by atoms with Gasteiger partial charge < -0.3 is 9.47 Å². The van der Waals surface area contributed by atoms with Gasteiger partial charge in [0.1, 0.15) is 5.82 Å². The summed E-state index contributed by atoms with van der Waals surface area (Å²) in [5.41, 5.74) is 1.40. The Kier molecular flexibility index (Phi) is 7.55. The number of likely N-dealkylation sites (N-methyl/N-ethyl adjacent to an activating group) is 1. The van der Waals surface area contributed by atoms with Crippen LogP contribution in [0.25, 0.3) is 6.08 Å². The van der Waals surface area contributed by atoms with Crippen LogP contribution in [0.4, 0.5) is 10.1 Å². The Labute approximate surface area is 188 Å². The minimum Gasteiger partial charge on any atom is -0.490 e. The molecule has 0 aliphatic carbocycles. The molecule has 0 saturated carbocycles. The Balaban J connectivity index is 1.95. The lowest BCUT2D eigenvalue weighted by Gasteiger charge is -2.13. The molecule has 158 valence electrons. The fourth-order valence-corrected chi connectivity index (χ4v) is 4.50. The van der Waals surface area contributed by atoms with E-state index in [1.807, 2.05) is 39.0 Å². The molecule has 8 heteroatoms. The van der Waals surface area contributed by atoms with Crippen molar-refractivity contribution in [2.24, 2.45) is 4.99 Å². The molecule has 1 heterocycles. The van der Waals surface area contributed by atoms with Gasteiger partial charge in [-0.25, -0.2) is 9.38 Å². The highest BCUT2D eigenvalue weighted by molar-refractivity contribution is 9.10. The molecule has 1 fully saturated rings. The van der Waals surface area contributed by atoms with E-state index < -0.39 is 0 Å². The molecule has 0 spiro atoms. The van der Waals surface area contributed by atoms with E-state index in [0.717, 1.165) is 10.0 Å². The molecule has 0 bridgehead atoms. The molecule has 0 radical (unpaired) electrons. The summed E-state index contributed by atoms with van der Waals surface area (Å²) in [6, 6.07) is 9.61. The first kappa shape index (κ1) is 22.4. The third-order valence-corrected chi connectivity index (χ3v) is 5.77. The van der Waals surface area contributed by atoms with E-state index in [9.17, 15) is 9.18 Å². The maximum atomic E-state index is 13.2. The number of carbonyl (C=O) groups is 1. The molecule has 3 rings (SSSR count). The van der Waals surface area contributed by atoms with Crippen molar-refractivity contribution in [2.75, 3.05) is 19.8 Å². The van der Waals surface area contributed by atoms with Gasteiger partial charge in [0.25, 0.3) is 5.91 Å². The fourth-order valence-electron chi connectivity index (χ4n) is 2.87. The lowest BCUT2D eigenvalue weighted by molar-refractivity contribution is -0.122. The Morgan fingerprint density at radius 1 is 1.13 bits per heavy atom. The van der Waals surface area contributed by atoms with E-state index in [1.54, 1.807) is 17.0 Å². The van der Waals surface area contributed by atoms with Crippen LogP contribution in [-0.4, -0.2) is 35.7 Å². The average molecular weight is 493 g/mol. The van der Waals surface area contributed by atoms with Crippen molar-refractivity contribution in [3.8, 4) is 11.5 Å². The first-order chi connectivity index (χ1) is 14.5. The number of nitrogens with zero attached hydrogens (tertiary/aromatic N) is 2. The van der Waals surface area contributed by atoms with Gasteiger partial charge in [-0.3, -0.25) is 9.69 Å². The van der Waals surface area contributed by atoms with Crippen LogP contribution in [0.2, 0.25) is 0 Å². The molecule has 0 aromatic heterocycles. The van der Waals surface area contributed by atoms with Gasteiger partial charge in [0.2, 0.25) is 0 Å². The van der Waals surface area contributed by atoms with Crippen LogP contribution < -0.4 is 9.47 Å². The zero-order chi connectivity index (χ0) is 21.7. The summed E-state index contributed by atoms with van der Waals surface area (Å²) in [5, 5.41) is 0.565. The predicted octanol–water partition coefficient (Wildman–Crippen LogP) is 6.01. The Morgan fingerprint density at radius 2 is 1.83 bits per heavy atom. The van der Waals surface area contributed by atoms with E-state index in [0.29, 0.717) is 47.0 Å². The molecule has 0 N–H and O–H groups in total. The molecular weight excluding hydrogens is 471 g/mol. The summed E-state index contributed by atoms with van der Waals surface area (Å²) in [5.74, 6) is 0.809. The molecule has 2 aromatic carbocycles. The van der Waals surface area contributed by atoms with Gasteiger partial charge in [0.05, 0.1) is 28.3 Å². The van der Waals surface area contributed by atoms with Crippen LogP contribution in [-0.2, 0) is 4.79 Å². The molecule has 0 unspecified atom stereocenters. The van der Waals surface area contributed by atoms with E-state index in [2.05, 4.69) is 20.9 Å². The van der Waals surface area contributed by atoms with Crippen LogP contribution in [0.1, 0.15) is 26.3 Å². The first-order valence-electron chi connectivity index (χ1n) is 9.61. The van der Waals surface area contributed by atoms with Gasteiger partial charge in [0, 0.05) is 6.54 Å². The van der Waals surface area contributed by atoms with Crippen molar-refractivity contribution in [3.63, 3.8) is 0 Å². The van der Waals surface area contributed by atoms with E-state index >= 15 is 0 Å². The highest BCUT2D eigenvalue weighted by atomic mass is 79.9. The van der Waals surface area contributed by atoms with Gasteiger partial charge in [-0.15, -0.1) is 0 Å². The number of amidine groups is 1. The smallest absolute Gasteiger partial charge is 0.266 e. The minimum atomic E-state index is -0.326. The number of rotatable bonds is 7. The van der Waals surface area contributed by atoms with Crippen LogP contribution >= 0.6 is 27.7 Å². The topological polar surface area (TPSA) is 51.1 Å². The number of benzene rings is 2. The van der Waals surface area contributed by atoms with Crippen LogP contribution in [0.15, 0.2) is 50.8 Å². The second-order valence-electron chi connectivity index (χ2n) is 6.23. The Hall–Kier alpha value is -2.32. The van der Waals surface area contributed by atoms with E-state index in [1.165, 1.54) is 23.9 Å². The molecule has 0 atom stereocenters. The zero-order valence-electron chi connectivity index (χ0n) is 16.9. The quantitative estimate of drug-likeness (QED) is 0.444. The summed E-state index contributed by atoms with van der Waals surface area (Å²) in [4.78, 5) is 19.6. The van der Waals surface area contributed by atoms with Crippen molar-refractivity contribution in [2.45, 2.75) is 20.8 Å². The summed E-state index contributed by atoms with van der Waals surface area (Å²) >= 11 is 4.82. The maximum Gasteiger partial charge on any atom is 0.266 e. The van der Waals surface area contributed by atoms with Crippen LogP contribution in [0.3, 0.4) is 0 Å². The van der Waals surface area contributed by atoms with Crippen molar-refractivity contribution < 1.29 is 18.7 Å². The fraction of sp³-hybridized carbons (Fsp3) is 0.273. The monoisotopic (exact) mass is 492 g/mol. The Morgan fingerprint density at radius 3 is 2.47 bits per heavy atom. The van der Waals surface area contributed by atoms with Gasteiger partial charge >= 0.3 is 0 Å². The second kappa shape index (κ2) is 10.1. The SMILES string of the molecule is CCOc1cc(/C=C2/SC(=Nc3ccc(F)cc3)N(CC)C2=O)cc(Br)c1OCC. The number of carbonyl (C=O) groups excluding carboxylic acids is 1. The normalized spacial score (nSPS) is 16.6. The van der Waals surface area contributed by atoms with Gasteiger partial charge in [-0.2, -0.15) is 0 Å². The predicted molar refractivity (Wildman–Crippen MR) is 123 cm³/mol. The van der Waals surface area contributed by atoms with Crippen molar-refractivity contribution in [1.82, 2.24) is 4.90 Å². The standard InChI is InChI=1S/C22H22BrFN2O3S/c1-4-26-21(27)19(30-22(26)25-16-9-7-15(24)8-10-16)13-14-11-17(23)20(29-6-3)18(12-14)28-5-2/h7-13H,4-6H2,1-3H3/b19-13+,25-22?. The minimum absolute atomic E-state index is 0.119. The number of ether oxygens (including phenoxy) is 2. The number of amides is 1. The summed E-state index contributed by atoms with van der Waals surface area (Å²) < 4.78 is 25.3. The summed E-state index contributed by atoms with van der Waals surface area (Å²) in [6.07, 6.45) is 1.81. The Bertz CT molecular complexity index is 993. The zero-order valence-corrected chi connectivity index (χ0v) is 19.3. The van der Waals surface area contributed by atoms with Crippen LogP contribution in [0.5, 0.6) is 11.5 Å². The van der Waals surface area contributed by atoms with Gasteiger partial charge in [0.15, 0.2) is 16.7 Å². The molecular formula is C22H22BrFN2O3S. The van der Waals surface area contributed by atoms with Crippen LogP contribution in [0, 0.1) is 5.82 Å². The molecule has 1 aliphatic rings. The number of hydrogen-bond donors (Lipinski definition) is 0. The summed E-state index contributed by atoms with van der Waals surface area (Å²) in [6.45, 7) is 7.21. The van der Waals surface area contributed by atoms with Crippen molar-refractivity contribution in [1.29, 1.82) is 0 Å². The van der Waals surface area contributed by atoms with Crippen molar-refractivity contribution in [3.05, 3.63) is 57.2 Å². The molecule has 1 aliphatic heterocycles. The molecule has 30 heavy (non-hydrogen) atoms. The van der Waals surface area contributed by atoms with E-state index in [4.69, 9.17) is 9.47 Å². The van der Waals surface area contributed by atoms with E-state index in [-0.39, 0.29) is 11.7 Å². The first-order valence-corrected chi connectivity index (χ1v) is 11.2. The van der Waals surface area contributed by atoms with Gasteiger partial charge in [-0.1, -0.05) is 0 Å². The number of halogens is 2. The second-order valence-corrected chi connectivity index (χ2v) is 8.09. The number of thioether (sulfide) groups is 1.